The highest BCUT2D eigenvalue weighted by molar-refractivity contribution is 6.58. The van der Waals surface area contributed by atoms with Gasteiger partial charge in [0.05, 0.1) is 0 Å². The van der Waals surface area contributed by atoms with Crippen LogP contribution in [-0.2, 0) is 5.41 Å². The van der Waals surface area contributed by atoms with Crippen molar-refractivity contribution in [3.05, 3.63) is 29.8 Å². The van der Waals surface area contributed by atoms with Crippen molar-refractivity contribution in [3.8, 4) is 0 Å². The lowest BCUT2D eigenvalue weighted by Crippen LogP contribution is -2.31. The molecule has 0 amide bonds. The Balaban J connectivity index is 1.97. The molecule has 0 unspecified atom stereocenters. The van der Waals surface area contributed by atoms with Crippen LogP contribution in [0.4, 0.5) is 0 Å². The van der Waals surface area contributed by atoms with Gasteiger partial charge in [-0.1, -0.05) is 24.3 Å². The fourth-order valence-electron chi connectivity index (χ4n) is 3.63. The summed E-state index contributed by atoms with van der Waals surface area (Å²) in [7, 11) is -1.34. The summed E-state index contributed by atoms with van der Waals surface area (Å²) >= 11 is 0. The van der Waals surface area contributed by atoms with Crippen molar-refractivity contribution >= 4 is 12.6 Å². The molecule has 0 aromatic heterocycles. The molecule has 1 aromatic rings. The molecule has 3 rings (SSSR count). The molecule has 2 saturated carbocycles. The normalized spacial score (nSPS) is 32.0. The van der Waals surface area contributed by atoms with Crippen molar-refractivity contribution in [1.29, 1.82) is 0 Å². The molecule has 2 N–H and O–H groups in total. The average Bonchev–Trinajstić information content (AvgIpc) is 2.90. The van der Waals surface area contributed by atoms with Crippen molar-refractivity contribution in [2.24, 2.45) is 5.92 Å². The first kappa shape index (κ1) is 10.4. The lowest BCUT2D eigenvalue weighted by Gasteiger charge is -2.27. The minimum atomic E-state index is -1.34. The summed E-state index contributed by atoms with van der Waals surface area (Å²) in [5, 5.41) is 18.4. The van der Waals surface area contributed by atoms with Crippen molar-refractivity contribution in [2.45, 2.75) is 37.5 Å². The maximum atomic E-state index is 9.21. The average molecular weight is 216 g/mol. The zero-order valence-corrected chi connectivity index (χ0v) is 9.39. The first-order valence-corrected chi connectivity index (χ1v) is 6.16. The van der Waals surface area contributed by atoms with Gasteiger partial charge in [-0.3, -0.25) is 0 Å². The molecule has 84 valence electrons. The van der Waals surface area contributed by atoms with Crippen molar-refractivity contribution in [1.82, 2.24) is 0 Å². The van der Waals surface area contributed by atoms with E-state index in [9.17, 15) is 10.0 Å². The Morgan fingerprint density at radius 2 is 1.94 bits per heavy atom. The Kier molecular flexibility index (Phi) is 2.34. The number of hydrogen-bond acceptors (Lipinski definition) is 2. The zero-order chi connectivity index (χ0) is 11.2. The Bertz CT molecular complexity index is 395. The molecule has 1 aromatic carbocycles. The molecule has 0 spiro atoms. The first-order valence-electron chi connectivity index (χ1n) is 6.16. The van der Waals surface area contributed by atoms with Gasteiger partial charge in [-0.05, 0) is 54.5 Å². The lowest BCUT2D eigenvalue weighted by molar-refractivity contribution is 0.417. The van der Waals surface area contributed by atoms with Gasteiger partial charge in [-0.25, -0.2) is 0 Å². The van der Waals surface area contributed by atoms with E-state index in [2.05, 4.69) is 6.07 Å². The van der Waals surface area contributed by atoms with E-state index < -0.39 is 7.12 Å². The second kappa shape index (κ2) is 3.61. The number of fused-ring (bicyclic) bond motifs is 2. The van der Waals surface area contributed by atoms with Crippen molar-refractivity contribution in [2.75, 3.05) is 0 Å². The molecule has 0 radical (unpaired) electrons. The molecule has 2 fully saturated rings. The molecule has 16 heavy (non-hydrogen) atoms. The van der Waals surface area contributed by atoms with Crippen LogP contribution < -0.4 is 5.46 Å². The summed E-state index contributed by atoms with van der Waals surface area (Å²) in [4.78, 5) is 0. The number of benzene rings is 1. The Morgan fingerprint density at radius 3 is 2.50 bits per heavy atom. The molecule has 2 bridgehead atoms. The topological polar surface area (TPSA) is 40.5 Å². The third-order valence-corrected chi connectivity index (χ3v) is 4.54. The van der Waals surface area contributed by atoms with Gasteiger partial charge in [0.1, 0.15) is 0 Å². The summed E-state index contributed by atoms with van der Waals surface area (Å²) in [6.45, 7) is 0. The fourth-order valence-corrected chi connectivity index (χ4v) is 3.63. The van der Waals surface area contributed by atoms with Gasteiger partial charge in [0.25, 0.3) is 0 Å². The SMILES string of the molecule is OB(O)c1cccc(C23CCC(CC2)C3)c1. The summed E-state index contributed by atoms with van der Waals surface area (Å²) in [6, 6.07) is 7.87. The highest BCUT2D eigenvalue weighted by Gasteiger charge is 2.45. The van der Waals surface area contributed by atoms with Crippen molar-refractivity contribution in [3.63, 3.8) is 0 Å². The number of rotatable bonds is 2. The van der Waals surface area contributed by atoms with E-state index >= 15 is 0 Å². The monoisotopic (exact) mass is 216 g/mol. The van der Waals surface area contributed by atoms with Crippen molar-refractivity contribution < 1.29 is 10.0 Å². The minimum absolute atomic E-state index is 0.357. The highest BCUT2D eigenvalue weighted by Crippen LogP contribution is 2.55. The van der Waals surface area contributed by atoms with Crippen LogP contribution >= 0.6 is 0 Å². The third kappa shape index (κ3) is 1.50. The Hall–Kier alpha value is -0.795. The summed E-state index contributed by atoms with van der Waals surface area (Å²) in [5.41, 5.74) is 2.30. The first-order chi connectivity index (χ1) is 7.70. The predicted molar refractivity (Wildman–Crippen MR) is 64.5 cm³/mol. The van der Waals surface area contributed by atoms with E-state index in [1.807, 2.05) is 12.1 Å². The van der Waals surface area contributed by atoms with Crippen LogP contribution in [0.15, 0.2) is 24.3 Å². The minimum Gasteiger partial charge on any atom is -0.423 e. The van der Waals surface area contributed by atoms with Gasteiger partial charge < -0.3 is 10.0 Å². The van der Waals surface area contributed by atoms with Gasteiger partial charge >= 0.3 is 7.12 Å². The van der Waals surface area contributed by atoms with Crippen LogP contribution in [0.2, 0.25) is 0 Å². The standard InChI is InChI=1S/C13H17BO2/c15-14(16)12-3-1-2-11(8-12)13-6-4-10(9-13)5-7-13/h1-3,8,10,15-16H,4-7,9H2. The summed E-state index contributed by atoms with van der Waals surface area (Å²) in [6.07, 6.45) is 6.57. The maximum Gasteiger partial charge on any atom is 0.488 e. The van der Waals surface area contributed by atoms with Crippen LogP contribution in [0.1, 0.15) is 37.7 Å². The highest BCUT2D eigenvalue weighted by atomic mass is 16.4. The zero-order valence-electron chi connectivity index (χ0n) is 9.39. The summed E-state index contributed by atoms with van der Waals surface area (Å²) in [5.74, 6) is 0.919. The van der Waals surface area contributed by atoms with Gasteiger partial charge in [0, 0.05) is 0 Å². The predicted octanol–water partition coefficient (Wildman–Crippen LogP) is 1.20. The van der Waals surface area contributed by atoms with Crippen LogP contribution in [0.3, 0.4) is 0 Å². The largest absolute Gasteiger partial charge is 0.488 e. The van der Waals surface area contributed by atoms with Gasteiger partial charge in [-0.2, -0.15) is 0 Å². The van der Waals surface area contributed by atoms with E-state index in [1.54, 1.807) is 6.07 Å². The van der Waals surface area contributed by atoms with Crippen LogP contribution in [0.5, 0.6) is 0 Å². The molecule has 0 atom stereocenters. The third-order valence-electron chi connectivity index (χ3n) is 4.54. The molecule has 0 aliphatic heterocycles. The van der Waals surface area contributed by atoms with Gasteiger partial charge in [0.2, 0.25) is 0 Å². The summed E-state index contributed by atoms with van der Waals surface area (Å²) < 4.78 is 0. The Morgan fingerprint density at radius 1 is 1.19 bits per heavy atom. The quantitative estimate of drug-likeness (QED) is 0.729. The molecule has 0 heterocycles. The van der Waals surface area contributed by atoms with Gasteiger partial charge in [-0.15, -0.1) is 0 Å². The van der Waals surface area contributed by atoms with E-state index in [1.165, 1.54) is 37.7 Å². The molecule has 0 saturated heterocycles. The maximum absolute atomic E-state index is 9.21. The molecule has 2 aliphatic carbocycles. The van der Waals surface area contributed by atoms with E-state index in [0.717, 1.165) is 5.92 Å². The molecular formula is C13H17BO2. The second-order valence-electron chi connectivity index (χ2n) is 5.43. The molecule has 2 aliphatic rings. The van der Waals surface area contributed by atoms with Crippen LogP contribution in [-0.4, -0.2) is 17.2 Å². The lowest BCUT2D eigenvalue weighted by atomic mass is 9.73. The van der Waals surface area contributed by atoms with E-state index in [-0.39, 0.29) is 0 Å². The van der Waals surface area contributed by atoms with E-state index in [0.29, 0.717) is 10.9 Å². The molecule has 2 nitrogen and oxygen atoms in total. The van der Waals surface area contributed by atoms with Gasteiger partial charge in [0.15, 0.2) is 0 Å². The van der Waals surface area contributed by atoms with E-state index in [4.69, 9.17) is 0 Å². The smallest absolute Gasteiger partial charge is 0.423 e. The van der Waals surface area contributed by atoms with Crippen LogP contribution in [0.25, 0.3) is 0 Å². The molecule has 3 heteroatoms. The second-order valence-corrected chi connectivity index (χ2v) is 5.43. The molecular weight excluding hydrogens is 199 g/mol. The Labute approximate surface area is 96.5 Å². The van der Waals surface area contributed by atoms with Crippen LogP contribution in [0, 0.1) is 5.92 Å². The fraction of sp³-hybridized carbons (Fsp3) is 0.538. The number of hydrogen-bond donors (Lipinski definition) is 2.